The number of carbonyl (C=O) groups is 2. The fourth-order valence-electron chi connectivity index (χ4n) is 1.80. The van der Waals surface area contributed by atoms with E-state index in [-0.39, 0.29) is 5.56 Å². The normalized spacial score (nSPS) is 11.6. The Labute approximate surface area is 140 Å². The molecule has 1 rings (SSSR count). The van der Waals surface area contributed by atoms with Crippen molar-refractivity contribution in [3.8, 4) is 6.07 Å². The van der Waals surface area contributed by atoms with E-state index in [0.717, 1.165) is 6.07 Å². The van der Waals surface area contributed by atoms with Crippen LogP contribution in [-0.4, -0.2) is 23.1 Å². The summed E-state index contributed by atoms with van der Waals surface area (Å²) in [6.45, 7) is 9.76. The van der Waals surface area contributed by atoms with Crippen LogP contribution in [0.5, 0.6) is 0 Å². The lowest BCUT2D eigenvalue weighted by Gasteiger charge is -2.23. The molecule has 0 spiro atoms. The Bertz CT molecular complexity index is 722. The molecule has 7 heteroatoms. The Morgan fingerprint density at radius 1 is 1.08 bits per heavy atom. The molecule has 0 atom stereocenters. The molecule has 0 aliphatic rings. The molecule has 0 heterocycles. The van der Waals surface area contributed by atoms with Gasteiger partial charge >= 0.3 is 11.9 Å². The molecule has 0 saturated carbocycles. The van der Waals surface area contributed by atoms with Crippen molar-refractivity contribution in [2.75, 3.05) is 5.73 Å². The maximum Gasteiger partial charge on any atom is 0.341 e. The van der Waals surface area contributed by atoms with Gasteiger partial charge < -0.3 is 15.2 Å². The number of carbonyl (C=O) groups excluding carboxylic acids is 2. The van der Waals surface area contributed by atoms with Crippen LogP contribution in [0.15, 0.2) is 6.07 Å². The number of halogens is 1. The van der Waals surface area contributed by atoms with E-state index in [1.54, 1.807) is 47.6 Å². The van der Waals surface area contributed by atoms with Gasteiger partial charge in [-0.1, -0.05) is 0 Å². The first kappa shape index (κ1) is 19.4. The summed E-state index contributed by atoms with van der Waals surface area (Å²) in [6.07, 6.45) is 0. The number of nitrogens with zero attached hydrogens (tertiary/aromatic N) is 1. The van der Waals surface area contributed by atoms with E-state index in [1.807, 2.05) is 0 Å². The molecule has 0 aliphatic carbocycles. The molecule has 0 amide bonds. The predicted octanol–water partition coefficient (Wildman–Crippen LogP) is 3.19. The van der Waals surface area contributed by atoms with Crippen LogP contribution < -0.4 is 5.73 Å². The molecule has 0 unspecified atom stereocenters. The zero-order valence-corrected chi connectivity index (χ0v) is 14.6. The number of nitrogens with two attached hydrogens (primary N) is 1. The summed E-state index contributed by atoms with van der Waals surface area (Å²) in [5.41, 5.74) is 2.08. The summed E-state index contributed by atoms with van der Waals surface area (Å²) in [5.74, 6) is -2.94. The van der Waals surface area contributed by atoms with E-state index >= 15 is 0 Å². The van der Waals surface area contributed by atoms with Crippen LogP contribution in [0.25, 0.3) is 0 Å². The zero-order chi connectivity index (χ0) is 18.9. The third-order valence-electron chi connectivity index (χ3n) is 2.64. The van der Waals surface area contributed by atoms with Crippen LogP contribution in [0.1, 0.15) is 67.8 Å². The molecule has 0 fully saturated rings. The van der Waals surface area contributed by atoms with Gasteiger partial charge in [-0.25, -0.2) is 14.0 Å². The van der Waals surface area contributed by atoms with Gasteiger partial charge in [0.25, 0.3) is 0 Å². The highest BCUT2D eigenvalue weighted by Gasteiger charge is 2.31. The molecule has 1 aromatic rings. The molecule has 6 nitrogen and oxygen atoms in total. The standard InChI is InChI=1S/C17H21FN2O4/c1-16(2,3)23-14(21)10-7-9(8-19)12(18)13(20)11(10)15(22)24-17(4,5)6/h7H,20H2,1-6H3. The summed E-state index contributed by atoms with van der Waals surface area (Å²) in [5, 5.41) is 8.98. The van der Waals surface area contributed by atoms with Gasteiger partial charge in [-0.15, -0.1) is 0 Å². The van der Waals surface area contributed by atoms with Gasteiger partial charge in [0.15, 0.2) is 5.82 Å². The first-order valence-electron chi connectivity index (χ1n) is 7.25. The first-order chi connectivity index (χ1) is 10.8. The van der Waals surface area contributed by atoms with Crippen LogP contribution in [0.4, 0.5) is 10.1 Å². The van der Waals surface area contributed by atoms with Crippen LogP contribution in [0.2, 0.25) is 0 Å². The second-order valence-corrected chi connectivity index (χ2v) is 7.19. The summed E-state index contributed by atoms with van der Waals surface area (Å²) in [7, 11) is 0. The van der Waals surface area contributed by atoms with Crippen molar-refractivity contribution in [2.45, 2.75) is 52.7 Å². The third kappa shape index (κ3) is 4.69. The minimum atomic E-state index is -1.08. The largest absolute Gasteiger partial charge is 0.456 e. The van der Waals surface area contributed by atoms with Crippen molar-refractivity contribution in [1.29, 1.82) is 5.26 Å². The van der Waals surface area contributed by atoms with Gasteiger partial charge in [-0.05, 0) is 47.6 Å². The molecule has 2 N–H and O–H groups in total. The van der Waals surface area contributed by atoms with Gasteiger partial charge in [0.05, 0.1) is 16.8 Å². The van der Waals surface area contributed by atoms with Crippen molar-refractivity contribution < 1.29 is 23.5 Å². The Hall–Kier alpha value is -2.62. The molecule has 0 radical (unpaired) electrons. The molecule has 1 aromatic carbocycles. The average molecular weight is 336 g/mol. The topological polar surface area (TPSA) is 102 Å². The molecule has 0 saturated heterocycles. The zero-order valence-electron chi connectivity index (χ0n) is 14.6. The number of benzene rings is 1. The van der Waals surface area contributed by atoms with Crippen molar-refractivity contribution in [2.24, 2.45) is 0 Å². The van der Waals surface area contributed by atoms with Crippen molar-refractivity contribution in [1.82, 2.24) is 0 Å². The number of nitriles is 1. The van der Waals surface area contributed by atoms with Crippen LogP contribution in [-0.2, 0) is 9.47 Å². The van der Waals surface area contributed by atoms with Crippen molar-refractivity contribution in [3.63, 3.8) is 0 Å². The Kier molecular flexibility index (Phi) is 5.24. The monoisotopic (exact) mass is 336 g/mol. The predicted molar refractivity (Wildman–Crippen MR) is 85.9 cm³/mol. The third-order valence-corrected chi connectivity index (χ3v) is 2.64. The van der Waals surface area contributed by atoms with Crippen molar-refractivity contribution in [3.05, 3.63) is 28.6 Å². The number of hydrogen-bond donors (Lipinski definition) is 1. The molecule has 24 heavy (non-hydrogen) atoms. The highest BCUT2D eigenvalue weighted by Crippen LogP contribution is 2.28. The van der Waals surface area contributed by atoms with E-state index in [0.29, 0.717) is 0 Å². The lowest BCUT2D eigenvalue weighted by Crippen LogP contribution is -2.29. The number of esters is 2. The molecular weight excluding hydrogens is 315 g/mol. The van der Waals surface area contributed by atoms with E-state index in [9.17, 15) is 14.0 Å². The fraction of sp³-hybridized carbons (Fsp3) is 0.471. The minimum Gasteiger partial charge on any atom is -0.456 e. The summed E-state index contributed by atoms with van der Waals surface area (Å²) in [6, 6.07) is 2.54. The smallest absolute Gasteiger partial charge is 0.341 e. The first-order valence-corrected chi connectivity index (χ1v) is 7.25. The average Bonchev–Trinajstić information content (AvgIpc) is 2.37. The highest BCUT2D eigenvalue weighted by atomic mass is 19.1. The number of nitrogen functional groups attached to an aromatic ring is 1. The number of rotatable bonds is 2. The molecule has 130 valence electrons. The molecule has 0 aromatic heterocycles. The lowest BCUT2D eigenvalue weighted by atomic mass is 10.0. The van der Waals surface area contributed by atoms with Crippen LogP contribution in [0.3, 0.4) is 0 Å². The minimum absolute atomic E-state index is 0.311. The highest BCUT2D eigenvalue weighted by molar-refractivity contribution is 6.07. The number of ether oxygens (including phenoxy) is 2. The maximum atomic E-state index is 14.1. The Balaban J connectivity index is 3.55. The van der Waals surface area contributed by atoms with Gasteiger partial charge in [0.2, 0.25) is 0 Å². The molecular formula is C17H21FN2O4. The molecule has 0 bridgehead atoms. The molecule has 0 aliphatic heterocycles. The summed E-state index contributed by atoms with van der Waals surface area (Å²) >= 11 is 0. The summed E-state index contributed by atoms with van der Waals surface area (Å²) < 4.78 is 24.5. The van der Waals surface area contributed by atoms with Gasteiger partial charge in [0.1, 0.15) is 22.8 Å². The van der Waals surface area contributed by atoms with Crippen LogP contribution >= 0.6 is 0 Å². The Morgan fingerprint density at radius 2 is 1.54 bits per heavy atom. The van der Waals surface area contributed by atoms with Gasteiger partial charge in [-0.2, -0.15) is 5.26 Å². The van der Waals surface area contributed by atoms with E-state index in [1.165, 1.54) is 0 Å². The van der Waals surface area contributed by atoms with Gasteiger partial charge in [-0.3, -0.25) is 0 Å². The second kappa shape index (κ2) is 6.48. The Morgan fingerprint density at radius 3 is 1.96 bits per heavy atom. The number of anilines is 1. The summed E-state index contributed by atoms with van der Waals surface area (Å²) in [4.78, 5) is 24.7. The van der Waals surface area contributed by atoms with Crippen molar-refractivity contribution >= 4 is 17.6 Å². The number of hydrogen-bond acceptors (Lipinski definition) is 6. The van der Waals surface area contributed by atoms with E-state index < -0.39 is 45.8 Å². The van der Waals surface area contributed by atoms with Crippen LogP contribution in [0, 0.1) is 17.1 Å². The lowest BCUT2D eigenvalue weighted by molar-refractivity contribution is 0.00192. The van der Waals surface area contributed by atoms with E-state index in [4.69, 9.17) is 20.5 Å². The maximum absolute atomic E-state index is 14.1. The second-order valence-electron chi connectivity index (χ2n) is 7.19. The quantitative estimate of drug-likeness (QED) is 0.657. The fourth-order valence-corrected chi connectivity index (χ4v) is 1.80. The SMILES string of the molecule is CC(C)(C)OC(=O)c1cc(C#N)c(F)c(N)c1C(=O)OC(C)(C)C. The van der Waals surface area contributed by atoms with Gasteiger partial charge in [0, 0.05) is 0 Å². The van der Waals surface area contributed by atoms with E-state index in [2.05, 4.69) is 0 Å².